The van der Waals surface area contributed by atoms with Crippen molar-refractivity contribution in [3.63, 3.8) is 0 Å². The van der Waals surface area contributed by atoms with E-state index < -0.39 is 5.60 Å². The van der Waals surface area contributed by atoms with Gasteiger partial charge in [-0.3, -0.25) is 4.98 Å². The van der Waals surface area contributed by atoms with Gasteiger partial charge in [0, 0.05) is 31.5 Å². The van der Waals surface area contributed by atoms with Crippen molar-refractivity contribution in [2.75, 3.05) is 6.54 Å². The van der Waals surface area contributed by atoms with Gasteiger partial charge in [0.25, 0.3) is 0 Å². The minimum Gasteiger partial charge on any atom is -0.444 e. The molecule has 1 aromatic heterocycles. The van der Waals surface area contributed by atoms with Gasteiger partial charge in [-0.25, -0.2) is 4.79 Å². The van der Waals surface area contributed by atoms with Crippen LogP contribution in [0.15, 0.2) is 24.5 Å². The number of amides is 1. The van der Waals surface area contributed by atoms with Crippen LogP contribution in [0.2, 0.25) is 0 Å². The lowest BCUT2D eigenvalue weighted by molar-refractivity contribution is 0.0521. The maximum atomic E-state index is 11.7. The summed E-state index contributed by atoms with van der Waals surface area (Å²) in [5.74, 6) is 0. The van der Waals surface area contributed by atoms with E-state index in [0.717, 1.165) is 31.4 Å². The van der Waals surface area contributed by atoms with E-state index in [-0.39, 0.29) is 12.1 Å². The van der Waals surface area contributed by atoms with E-state index in [2.05, 4.69) is 22.5 Å². The van der Waals surface area contributed by atoms with E-state index in [1.807, 2.05) is 39.1 Å². The van der Waals surface area contributed by atoms with Crippen LogP contribution in [0.4, 0.5) is 4.79 Å². The summed E-state index contributed by atoms with van der Waals surface area (Å²) in [5.41, 5.74) is 0.674. The summed E-state index contributed by atoms with van der Waals surface area (Å²) in [7, 11) is 0. The maximum Gasteiger partial charge on any atom is 0.407 e. The number of nitrogens with zero attached hydrogens (tertiary/aromatic N) is 1. The zero-order chi connectivity index (χ0) is 16.4. The molecule has 0 aliphatic carbocycles. The van der Waals surface area contributed by atoms with E-state index >= 15 is 0 Å². The molecule has 0 bridgehead atoms. The highest BCUT2D eigenvalue weighted by Gasteiger charge is 2.17. The summed E-state index contributed by atoms with van der Waals surface area (Å²) in [6.07, 6.45) is 6.54. The molecule has 22 heavy (non-hydrogen) atoms. The molecule has 0 saturated heterocycles. The predicted octanol–water partition coefficient (Wildman–Crippen LogP) is 3.25. The average Bonchev–Trinajstić information content (AvgIpc) is 2.45. The molecule has 1 heterocycles. The Kier molecular flexibility index (Phi) is 7.88. The Labute approximate surface area is 133 Å². The molecular weight excluding hydrogens is 278 g/mol. The Hall–Kier alpha value is -1.62. The van der Waals surface area contributed by atoms with Crippen LogP contribution in [0.5, 0.6) is 0 Å². The van der Waals surface area contributed by atoms with E-state index in [9.17, 15) is 4.79 Å². The van der Waals surface area contributed by atoms with Crippen LogP contribution in [-0.4, -0.2) is 29.3 Å². The lowest BCUT2D eigenvalue weighted by atomic mass is 10.1. The molecule has 1 rings (SSSR count). The number of alkyl carbamates (subject to hydrolysis) is 1. The van der Waals surface area contributed by atoms with Crippen molar-refractivity contribution in [3.8, 4) is 0 Å². The lowest BCUT2D eigenvalue weighted by Gasteiger charge is -2.22. The second-order valence-electron chi connectivity index (χ2n) is 6.46. The van der Waals surface area contributed by atoms with Crippen molar-refractivity contribution in [3.05, 3.63) is 30.1 Å². The normalized spacial score (nSPS) is 12.7. The highest BCUT2D eigenvalue weighted by atomic mass is 16.6. The molecule has 1 unspecified atom stereocenters. The van der Waals surface area contributed by atoms with E-state index in [4.69, 9.17) is 4.74 Å². The topological polar surface area (TPSA) is 63.2 Å². The molecule has 0 aliphatic rings. The van der Waals surface area contributed by atoms with Crippen LogP contribution in [0, 0.1) is 0 Å². The second kappa shape index (κ2) is 9.41. The molecule has 1 amide bonds. The van der Waals surface area contributed by atoms with Crippen LogP contribution in [-0.2, 0) is 11.3 Å². The molecule has 0 radical (unpaired) electrons. The summed E-state index contributed by atoms with van der Waals surface area (Å²) in [5, 5.41) is 6.32. The third kappa shape index (κ3) is 8.62. The fraction of sp³-hybridized carbons (Fsp3) is 0.647. The molecule has 0 aliphatic heterocycles. The average molecular weight is 307 g/mol. The monoisotopic (exact) mass is 307 g/mol. The van der Waals surface area contributed by atoms with Crippen molar-refractivity contribution in [1.82, 2.24) is 15.6 Å². The van der Waals surface area contributed by atoms with Crippen molar-refractivity contribution in [2.45, 2.75) is 65.1 Å². The molecule has 124 valence electrons. The third-order valence-electron chi connectivity index (χ3n) is 3.12. The SMILES string of the molecule is CCCCC(CNC(=O)OC(C)(C)C)NCc1cccnc1. The fourth-order valence-corrected chi connectivity index (χ4v) is 2.01. The standard InChI is InChI=1S/C17H29N3O2/c1-5-6-9-15(13-20-16(21)22-17(2,3)4)19-12-14-8-7-10-18-11-14/h7-8,10-11,15,19H,5-6,9,12-13H2,1-4H3,(H,20,21). The molecular formula is C17H29N3O2. The van der Waals surface area contributed by atoms with Gasteiger partial charge in [-0.15, -0.1) is 0 Å². The zero-order valence-electron chi connectivity index (χ0n) is 14.2. The van der Waals surface area contributed by atoms with Gasteiger partial charge < -0.3 is 15.4 Å². The summed E-state index contributed by atoms with van der Waals surface area (Å²) in [4.78, 5) is 15.8. The Morgan fingerprint density at radius 3 is 2.77 bits per heavy atom. The first-order chi connectivity index (χ1) is 10.4. The molecule has 1 aromatic rings. The smallest absolute Gasteiger partial charge is 0.407 e. The van der Waals surface area contributed by atoms with Gasteiger partial charge in [0.05, 0.1) is 0 Å². The van der Waals surface area contributed by atoms with Crippen LogP contribution in [0.3, 0.4) is 0 Å². The van der Waals surface area contributed by atoms with Crippen LogP contribution in [0.1, 0.15) is 52.5 Å². The van der Waals surface area contributed by atoms with Crippen molar-refractivity contribution in [2.24, 2.45) is 0 Å². The Morgan fingerprint density at radius 2 is 2.18 bits per heavy atom. The number of rotatable bonds is 8. The Balaban J connectivity index is 2.41. The Morgan fingerprint density at radius 1 is 1.41 bits per heavy atom. The summed E-state index contributed by atoms with van der Waals surface area (Å²) < 4.78 is 5.27. The van der Waals surface area contributed by atoms with Crippen LogP contribution >= 0.6 is 0 Å². The molecule has 0 saturated carbocycles. The van der Waals surface area contributed by atoms with Crippen molar-refractivity contribution < 1.29 is 9.53 Å². The van der Waals surface area contributed by atoms with Crippen molar-refractivity contribution in [1.29, 1.82) is 0 Å². The molecule has 5 heteroatoms. The van der Waals surface area contributed by atoms with Crippen LogP contribution in [0.25, 0.3) is 0 Å². The first kappa shape index (κ1) is 18.4. The number of nitrogens with one attached hydrogen (secondary N) is 2. The summed E-state index contributed by atoms with van der Waals surface area (Å²) in [6, 6.07) is 4.20. The van der Waals surface area contributed by atoms with E-state index in [1.165, 1.54) is 0 Å². The third-order valence-corrected chi connectivity index (χ3v) is 3.12. The van der Waals surface area contributed by atoms with E-state index in [0.29, 0.717) is 6.54 Å². The number of unbranched alkanes of at least 4 members (excludes halogenated alkanes) is 1. The number of carbonyl (C=O) groups excluding carboxylic acids is 1. The van der Waals surface area contributed by atoms with Gasteiger partial charge in [-0.1, -0.05) is 25.8 Å². The van der Waals surface area contributed by atoms with Crippen LogP contribution < -0.4 is 10.6 Å². The van der Waals surface area contributed by atoms with Gasteiger partial charge in [0.2, 0.25) is 0 Å². The minimum absolute atomic E-state index is 0.229. The molecule has 5 nitrogen and oxygen atoms in total. The quantitative estimate of drug-likeness (QED) is 0.774. The van der Waals surface area contributed by atoms with Gasteiger partial charge in [0.15, 0.2) is 0 Å². The lowest BCUT2D eigenvalue weighted by Crippen LogP contribution is -2.42. The first-order valence-electron chi connectivity index (χ1n) is 8.00. The number of aromatic nitrogens is 1. The predicted molar refractivity (Wildman–Crippen MR) is 88.6 cm³/mol. The number of carbonyl (C=O) groups is 1. The van der Waals surface area contributed by atoms with Gasteiger partial charge in [-0.2, -0.15) is 0 Å². The largest absolute Gasteiger partial charge is 0.444 e. The van der Waals surface area contributed by atoms with Gasteiger partial charge >= 0.3 is 6.09 Å². The number of hydrogen-bond acceptors (Lipinski definition) is 4. The molecule has 0 aromatic carbocycles. The summed E-state index contributed by atoms with van der Waals surface area (Å²) >= 11 is 0. The van der Waals surface area contributed by atoms with Crippen molar-refractivity contribution >= 4 is 6.09 Å². The summed E-state index contributed by atoms with van der Waals surface area (Å²) in [6.45, 7) is 9.07. The first-order valence-corrected chi connectivity index (χ1v) is 8.00. The highest BCUT2D eigenvalue weighted by molar-refractivity contribution is 5.67. The highest BCUT2D eigenvalue weighted by Crippen LogP contribution is 2.07. The zero-order valence-corrected chi connectivity index (χ0v) is 14.2. The number of hydrogen-bond donors (Lipinski definition) is 2. The van der Waals surface area contributed by atoms with Gasteiger partial charge in [-0.05, 0) is 38.8 Å². The molecule has 1 atom stereocenters. The maximum absolute atomic E-state index is 11.7. The number of pyridine rings is 1. The molecule has 2 N–H and O–H groups in total. The second-order valence-corrected chi connectivity index (χ2v) is 6.46. The minimum atomic E-state index is -0.466. The van der Waals surface area contributed by atoms with Gasteiger partial charge in [0.1, 0.15) is 5.60 Å². The van der Waals surface area contributed by atoms with E-state index in [1.54, 1.807) is 6.20 Å². The fourth-order valence-electron chi connectivity index (χ4n) is 2.01. The Bertz CT molecular complexity index is 429. The number of ether oxygens (including phenoxy) is 1. The molecule has 0 fully saturated rings. The molecule has 0 spiro atoms.